The molecule has 1 heterocycles. The second-order valence-electron chi connectivity index (χ2n) is 4.46. The highest BCUT2D eigenvalue weighted by atomic mass is 19.1. The predicted molar refractivity (Wildman–Crippen MR) is 65.5 cm³/mol. The summed E-state index contributed by atoms with van der Waals surface area (Å²) in [5.41, 5.74) is 0.0680. The molecule has 1 atom stereocenters. The molecule has 0 radical (unpaired) electrons. The third-order valence-corrected chi connectivity index (χ3v) is 2.94. The van der Waals surface area contributed by atoms with Gasteiger partial charge in [-0.15, -0.1) is 0 Å². The van der Waals surface area contributed by atoms with E-state index in [1.165, 1.54) is 0 Å². The van der Waals surface area contributed by atoms with Crippen LogP contribution in [0.3, 0.4) is 0 Å². The Labute approximate surface area is 109 Å². The zero-order valence-corrected chi connectivity index (χ0v) is 10.5. The maximum Gasteiger partial charge on any atom is 0.250 e. The zero-order chi connectivity index (χ0) is 14.0. The van der Waals surface area contributed by atoms with E-state index in [1.54, 1.807) is 0 Å². The van der Waals surface area contributed by atoms with Gasteiger partial charge in [-0.1, -0.05) is 13.3 Å². The molecule has 2 rings (SSSR count). The van der Waals surface area contributed by atoms with Gasteiger partial charge in [0.15, 0.2) is 0 Å². The molecule has 1 unspecified atom stereocenters. The van der Waals surface area contributed by atoms with Crippen LogP contribution in [0.25, 0.3) is 0 Å². The van der Waals surface area contributed by atoms with Crippen LogP contribution in [0.1, 0.15) is 19.8 Å². The number of halogens is 2. The number of hydrogen-bond donors (Lipinski definition) is 1. The lowest BCUT2D eigenvalue weighted by molar-refractivity contribution is -0.131. The fraction of sp³-hybridized carbons (Fsp3) is 0.385. The summed E-state index contributed by atoms with van der Waals surface area (Å²) >= 11 is 0. The fourth-order valence-corrected chi connectivity index (χ4v) is 2.11. The summed E-state index contributed by atoms with van der Waals surface area (Å²) in [5.74, 6) is -2.23. The predicted octanol–water partition coefficient (Wildman–Crippen LogP) is 1.60. The molecule has 1 fully saturated rings. The molecular weight excluding hydrogens is 254 g/mol. The molecule has 0 aliphatic carbocycles. The summed E-state index contributed by atoms with van der Waals surface area (Å²) in [6.07, 6.45) is 1.22. The molecule has 0 saturated carbocycles. The zero-order valence-electron chi connectivity index (χ0n) is 10.5. The Balaban J connectivity index is 2.31. The number of nitrogens with one attached hydrogen (secondary N) is 1. The first kappa shape index (κ1) is 13.5. The molecule has 0 spiro atoms. The van der Waals surface area contributed by atoms with E-state index in [0.29, 0.717) is 6.42 Å². The quantitative estimate of drug-likeness (QED) is 0.905. The average Bonchev–Trinajstić information content (AvgIpc) is 2.32. The van der Waals surface area contributed by atoms with E-state index in [2.05, 4.69) is 5.32 Å². The van der Waals surface area contributed by atoms with Gasteiger partial charge in [0, 0.05) is 6.07 Å². The monoisotopic (exact) mass is 268 g/mol. The first-order valence-electron chi connectivity index (χ1n) is 6.08. The van der Waals surface area contributed by atoms with Gasteiger partial charge in [-0.2, -0.15) is 0 Å². The summed E-state index contributed by atoms with van der Waals surface area (Å²) < 4.78 is 26.3. The molecule has 0 bridgehead atoms. The average molecular weight is 268 g/mol. The van der Waals surface area contributed by atoms with Gasteiger partial charge in [0.05, 0.1) is 5.69 Å². The van der Waals surface area contributed by atoms with Crippen molar-refractivity contribution >= 4 is 17.5 Å². The van der Waals surface area contributed by atoms with Crippen molar-refractivity contribution in [2.45, 2.75) is 25.8 Å². The minimum Gasteiger partial charge on any atom is -0.343 e. The van der Waals surface area contributed by atoms with Crippen LogP contribution < -0.4 is 10.2 Å². The minimum absolute atomic E-state index is 0.0680. The second kappa shape index (κ2) is 5.34. The molecule has 19 heavy (non-hydrogen) atoms. The Hall–Kier alpha value is -1.98. The number of nitrogens with zero attached hydrogens (tertiary/aromatic N) is 1. The lowest BCUT2D eigenvalue weighted by atomic mass is 10.1. The maximum absolute atomic E-state index is 13.2. The van der Waals surface area contributed by atoms with Gasteiger partial charge in [0.1, 0.15) is 24.2 Å². The van der Waals surface area contributed by atoms with Crippen molar-refractivity contribution in [3.8, 4) is 0 Å². The van der Waals surface area contributed by atoms with Crippen LogP contribution in [0.5, 0.6) is 0 Å². The molecule has 6 heteroatoms. The molecule has 0 aromatic heterocycles. The molecule has 1 aliphatic heterocycles. The smallest absolute Gasteiger partial charge is 0.250 e. The van der Waals surface area contributed by atoms with Crippen LogP contribution in [0, 0.1) is 11.6 Å². The van der Waals surface area contributed by atoms with E-state index < -0.39 is 17.7 Å². The van der Waals surface area contributed by atoms with Crippen molar-refractivity contribution in [1.82, 2.24) is 5.32 Å². The highest BCUT2D eigenvalue weighted by molar-refractivity contribution is 6.06. The van der Waals surface area contributed by atoms with E-state index in [0.717, 1.165) is 29.5 Å². The number of carbonyl (C=O) groups excluding carboxylic acids is 2. The van der Waals surface area contributed by atoms with Crippen LogP contribution in [0.2, 0.25) is 0 Å². The van der Waals surface area contributed by atoms with Crippen LogP contribution in [-0.2, 0) is 9.59 Å². The molecule has 1 aromatic carbocycles. The Kier molecular flexibility index (Phi) is 3.78. The van der Waals surface area contributed by atoms with Gasteiger partial charge in [0.25, 0.3) is 0 Å². The van der Waals surface area contributed by atoms with Crippen LogP contribution in [0.4, 0.5) is 14.5 Å². The van der Waals surface area contributed by atoms with E-state index in [4.69, 9.17) is 0 Å². The third-order valence-electron chi connectivity index (χ3n) is 2.94. The van der Waals surface area contributed by atoms with Crippen LogP contribution >= 0.6 is 0 Å². The first-order valence-corrected chi connectivity index (χ1v) is 6.08. The maximum atomic E-state index is 13.2. The lowest BCUT2D eigenvalue weighted by Gasteiger charge is -2.32. The second-order valence-corrected chi connectivity index (χ2v) is 4.46. The van der Waals surface area contributed by atoms with Gasteiger partial charge in [-0.3, -0.25) is 9.59 Å². The van der Waals surface area contributed by atoms with Crippen molar-refractivity contribution in [3.05, 3.63) is 29.8 Å². The number of anilines is 1. The highest BCUT2D eigenvalue weighted by Crippen LogP contribution is 2.21. The van der Waals surface area contributed by atoms with Crippen LogP contribution in [0.15, 0.2) is 18.2 Å². The van der Waals surface area contributed by atoms with Gasteiger partial charge in [0.2, 0.25) is 11.8 Å². The Bertz CT molecular complexity index is 499. The number of amides is 2. The molecular formula is C13H14F2N2O2. The molecule has 1 aromatic rings. The Morgan fingerprint density at radius 3 is 2.47 bits per heavy atom. The van der Waals surface area contributed by atoms with Gasteiger partial charge in [-0.25, -0.2) is 8.78 Å². The molecule has 4 nitrogen and oxygen atoms in total. The standard InChI is InChI=1S/C13H14F2N2O2/c1-2-3-11-13(19)17(7-12(18)16-11)10-5-8(14)4-9(15)6-10/h4-6,11H,2-3,7H2,1H3,(H,16,18). The number of carbonyl (C=O) groups is 2. The lowest BCUT2D eigenvalue weighted by Crippen LogP contribution is -2.58. The Morgan fingerprint density at radius 1 is 1.26 bits per heavy atom. The van der Waals surface area contributed by atoms with E-state index in [9.17, 15) is 18.4 Å². The van der Waals surface area contributed by atoms with Gasteiger partial charge < -0.3 is 10.2 Å². The minimum atomic E-state index is -0.777. The van der Waals surface area contributed by atoms with Crippen molar-refractivity contribution in [3.63, 3.8) is 0 Å². The molecule has 102 valence electrons. The molecule has 1 N–H and O–H groups in total. The number of benzene rings is 1. The van der Waals surface area contributed by atoms with Crippen molar-refractivity contribution in [2.24, 2.45) is 0 Å². The van der Waals surface area contributed by atoms with Crippen molar-refractivity contribution < 1.29 is 18.4 Å². The van der Waals surface area contributed by atoms with Crippen LogP contribution in [-0.4, -0.2) is 24.4 Å². The number of hydrogen-bond acceptors (Lipinski definition) is 2. The largest absolute Gasteiger partial charge is 0.343 e. The SMILES string of the molecule is CCCC1NC(=O)CN(c2cc(F)cc(F)c2)C1=O. The van der Waals surface area contributed by atoms with Crippen molar-refractivity contribution in [1.29, 1.82) is 0 Å². The van der Waals surface area contributed by atoms with E-state index in [-0.39, 0.29) is 24.0 Å². The highest BCUT2D eigenvalue weighted by Gasteiger charge is 2.33. The number of rotatable bonds is 3. The summed E-state index contributed by atoms with van der Waals surface area (Å²) in [4.78, 5) is 24.8. The fourth-order valence-electron chi connectivity index (χ4n) is 2.11. The molecule has 2 amide bonds. The summed E-state index contributed by atoms with van der Waals surface area (Å²) in [6.45, 7) is 1.67. The van der Waals surface area contributed by atoms with Crippen molar-refractivity contribution in [2.75, 3.05) is 11.4 Å². The van der Waals surface area contributed by atoms with E-state index in [1.807, 2.05) is 6.92 Å². The normalized spacial score (nSPS) is 19.5. The molecule has 1 saturated heterocycles. The summed E-state index contributed by atoms with van der Waals surface area (Å²) in [6, 6.07) is 2.18. The first-order chi connectivity index (χ1) is 9.01. The topological polar surface area (TPSA) is 49.4 Å². The van der Waals surface area contributed by atoms with E-state index >= 15 is 0 Å². The molecule has 1 aliphatic rings. The third kappa shape index (κ3) is 2.89. The Morgan fingerprint density at radius 2 is 1.89 bits per heavy atom. The van der Waals surface area contributed by atoms with Gasteiger partial charge >= 0.3 is 0 Å². The summed E-state index contributed by atoms with van der Waals surface area (Å²) in [7, 11) is 0. The summed E-state index contributed by atoms with van der Waals surface area (Å²) in [5, 5.41) is 2.58. The number of piperazine rings is 1. The van der Waals surface area contributed by atoms with Gasteiger partial charge in [-0.05, 0) is 18.6 Å².